The minimum atomic E-state index is -0.0244. The van der Waals surface area contributed by atoms with Crippen molar-refractivity contribution in [1.82, 2.24) is 15.2 Å². The molecule has 1 aromatic heterocycles. The lowest BCUT2D eigenvalue weighted by molar-refractivity contribution is -0.116. The van der Waals surface area contributed by atoms with Gasteiger partial charge in [0.05, 0.1) is 11.3 Å². The number of hydrogen-bond acceptors (Lipinski definition) is 5. The maximum absolute atomic E-state index is 13.0. The van der Waals surface area contributed by atoms with Gasteiger partial charge < -0.3 is 20.4 Å². The fourth-order valence-electron chi connectivity index (χ4n) is 3.38. The van der Waals surface area contributed by atoms with Crippen LogP contribution >= 0.6 is 0 Å². The van der Waals surface area contributed by atoms with Crippen molar-refractivity contribution in [3.63, 3.8) is 0 Å². The summed E-state index contributed by atoms with van der Waals surface area (Å²) in [6.07, 6.45) is 5.78. The first-order valence-corrected chi connectivity index (χ1v) is 10.7. The van der Waals surface area contributed by atoms with Gasteiger partial charge in [-0.15, -0.1) is 0 Å². The summed E-state index contributed by atoms with van der Waals surface area (Å²) in [5.41, 5.74) is 1.17. The Morgan fingerprint density at radius 2 is 1.82 bits per heavy atom. The van der Waals surface area contributed by atoms with Crippen LogP contribution in [0.4, 0.5) is 11.5 Å². The van der Waals surface area contributed by atoms with Crippen LogP contribution < -0.4 is 15.5 Å². The lowest BCUT2D eigenvalue weighted by atomic mass is 10.2. The van der Waals surface area contributed by atoms with Crippen molar-refractivity contribution in [3.05, 3.63) is 17.8 Å². The zero-order chi connectivity index (χ0) is 20.4. The van der Waals surface area contributed by atoms with Crippen molar-refractivity contribution in [1.29, 1.82) is 0 Å². The highest BCUT2D eigenvalue weighted by atomic mass is 16.2. The van der Waals surface area contributed by atoms with Gasteiger partial charge in [0.1, 0.15) is 0 Å². The van der Waals surface area contributed by atoms with Crippen molar-refractivity contribution in [2.24, 2.45) is 0 Å². The maximum atomic E-state index is 13.0. The molecular formula is C21H35N5O2. The van der Waals surface area contributed by atoms with Crippen molar-refractivity contribution >= 4 is 23.3 Å². The Balaban J connectivity index is 2.28. The topological polar surface area (TPSA) is 77.6 Å². The van der Waals surface area contributed by atoms with Crippen LogP contribution in [0.2, 0.25) is 0 Å². The van der Waals surface area contributed by atoms with E-state index in [0.29, 0.717) is 17.7 Å². The van der Waals surface area contributed by atoms with Gasteiger partial charge in [0.2, 0.25) is 5.91 Å². The van der Waals surface area contributed by atoms with Crippen LogP contribution in [-0.4, -0.2) is 61.0 Å². The molecule has 0 radical (unpaired) electrons. The van der Waals surface area contributed by atoms with E-state index in [4.69, 9.17) is 0 Å². The molecule has 2 rings (SSSR count). The van der Waals surface area contributed by atoms with E-state index in [1.165, 1.54) is 0 Å². The number of nitrogens with one attached hydrogen (secondary N) is 2. The quantitative estimate of drug-likeness (QED) is 0.643. The molecule has 1 saturated heterocycles. The molecule has 1 aliphatic rings. The third-order valence-corrected chi connectivity index (χ3v) is 4.84. The van der Waals surface area contributed by atoms with E-state index in [2.05, 4.69) is 41.3 Å². The standard InChI is InChI=1S/C21H35N5O2/c1-4-7-8-19(27)24-18-15-17(21(28)26(11-5-2)12-6-3)16-23-20(18)25-13-9-22-10-14-25/h15-16,22H,4-14H2,1-3H3,(H,24,27). The fraction of sp³-hybridized carbons (Fsp3) is 0.667. The molecule has 1 fully saturated rings. The predicted octanol–water partition coefficient (Wildman–Crippen LogP) is 2.88. The second-order valence-electron chi connectivity index (χ2n) is 7.28. The molecule has 156 valence electrons. The normalized spacial score (nSPS) is 14.0. The Bertz CT molecular complexity index is 638. The Morgan fingerprint density at radius 1 is 1.14 bits per heavy atom. The van der Waals surface area contributed by atoms with Crippen molar-refractivity contribution in [2.45, 2.75) is 52.9 Å². The molecule has 7 heteroatoms. The summed E-state index contributed by atoms with van der Waals surface area (Å²) < 4.78 is 0. The summed E-state index contributed by atoms with van der Waals surface area (Å²) in [4.78, 5) is 34.0. The van der Waals surface area contributed by atoms with Crippen LogP contribution in [0, 0.1) is 0 Å². The number of piperazine rings is 1. The summed E-state index contributed by atoms with van der Waals surface area (Å²) >= 11 is 0. The van der Waals surface area contributed by atoms with E-state index in [0.717, 1.165) is 70.8 Å². The minimum absolute atomic E-state index is 0.0212. The van der Waals surface area contributed by atoms with Gasteiger partial charge in [-0.3, -0.25) is 9.59 Å². The van der Waals surface area contributed by atoms with Gasteiger partial charge in [-0.1, -0.05) is 27.2 Å². The maximum Gasteiger partial charge on any atom is 0.255 e. The molecule has 2 heterocycles. The summed E-state index contributed by atoms with van der Waals surface area (Å²) in [5.74, 6) is 0.705. The Morgan fingerprint density at radius 3 is 2.43 bits per heavy atom. The molecule has 0 aliphatic carbocycles. The average Bonchev–Trinajstić information content (AvgIpc) is 2.72. The molecule has 0 unspecified atom stereocenters. The van der Waals surface area contributed by atoms with E-state index in [1.807, 2.05) is 4.90 Å². The summed E-state index contributed by atoms with van der Waals surface area (Å²) in [6.45, 7) is 11.1. The summed E-state index contributed by atoms with van der Waals surface area (Å²) in [6, 6.07) is 1.80. The third-order valence-electron chi connectivity index (χ3n) is 4.84. The molecule has 2 N–H and O–H groups in total. The summed E-state index contributed by atoms with van der Waals surface area (Å²) in [7, 11) is 0. The lowest BCUT2D eigenvalue weighted by Gasteiger charge is -2.30. The van der Waals surface area contributed by atoms with Gasteiger partial charge in [0.15, 0.2) is 5.82 Å². The largest absolute Gasteiger partial charge is 0.352 e. The lowest BCUT2D eigenvalue weighted by Crippen LogP contribution is -2.44. The minimum Gasteiger partial charge on any atom is -0.352 e. The first-order valence-electron chi connectivity index (χ1n) is 10.7. The van der Waals surface area contributed by atoms with Gasteiger partial charge in [-0.25, -0.2) is 4.98 Å². The van der Waals surface area contributed by atoms with Crippen molar-refractivity contribution in [3.8, 4) is 0 Å². The number of carbonyl (C=O) groups excluding carboxylic acids is 2. The number of carbonyl (C=O) groups is 2. The van der Waals surface area contributed by atoms with E-state index >= 15 is 0 Å². The zero-order valence-electron chi connectivity index (χ0n) is 17.6. The molecular weight excluding hydrogens is 354 g/mol. The molecule has 0 bridgehead atoms. The van der Waals surface area contributed by atoms with Gasteiger partial charge in [-0.05, 0) is 25.3 Å². The van der Waals surface area contributed by atoms with Crippen LogP contribution in [-0.2, 0) is 4.79 Å². The number of pyridine rings is 1. The number of unbranched alkanes of at least 4 members (excludes halogenated alkanes) is 1. The van der Waals surface area contributed by atoms with Gasteiger partial charge in [0, 0.05) is 51.9 Å². The van der Waals surface area contributed by atoms with E-state index < -0.39 is 0 Å². The van der Waals surface area contributed by atoms with Gasteiger partial charge in [-0.2, -0.15) is 0 Å². The molecule has 0 saturated carbocycles. The van der Waals surface area contributed by atoms with Crippen LogP contribution in [0.5, 0.6) is 0 Å². The predicted molar refractivity (Wildman–Crippen MR) is 114 cm³/mol. The fourth-order valence-corrected chi connectivity index (χ4v) is 3.38. The first kappa shape index (κ1) is 22.1. The molecule has 0 aromatic carbocycles. The molecule has 1 aromatic rings. The first-order chi connectivity index (χ1) is 13.6. The monoisotopic (exact) mass is 389 g/mol. The Hall–Kier alpha value is -2.15. The molecule has 2 amide bonds. The number of hydrogen-bond donors (Lipinski definition) is 2. The summed E-state index contributed by atoms with van der Waals surface area (Å²) in [5, 5.41) is 6.33. The third kappa shape index (κ3) is 6.19. The molecule has 1 aliphatic heterocycles. The molecule has 28 heavy (non-hydrogen) atoms. The molecule has 7 nitrogen and oxygen atoms in total. The molecule has 0 atom stereocenters. The SMILES string of the molecule is CCCCC(=O)Nc1cc(C(=O)N(CCC)CCC)cnc1N1CCNCC1. The highest BCUT2D eigenvalue weighted by molar-refractivity contribution is 5.99. The van der Waals surface area contributed by atoms with Gasteiger partial charge >= 0.3 is 0 Å². The van der Waals surface area contributed by atoms with Crippen molar-refractivity contribution in [2.75, 3.05) is 49.5 Å². The van der Waals surface area contributed by atoms with Crippen LogP contribution in [0.25, 0.3) is 0 Å². The number of anilines is 2. The highest BCUT2D eigenvalue weighted by Crippen LogP contribution is 2.26. The van der Waals surface area contributed by atoms with Crippen LogP contribution in [0.3, 0.4) is 0 Å². The average molecular weight is 390 g/mol. The second-order valence-corrected chi connectivity index (χ2v) is 7.28. The second kappa shape index (κ2) is 11.6. The van der Waals surface area contributed by atoms with Crippen molar-refractivity contribution < 1.29 is 9.59 Å². The Labute approximate surface area is 168 Å². The van der Waals surface area contributed by atoms with E-state index in [-0.39, 0.29) is 11.8 Å². The number of amides is 2. The van der Waals surface area contributed by atoms with Crippen LogP contribution in [0.15, 0.2) is 12.3 Å². The Kier molecular flexibility index (Phi) is 9.20. The smallest absolute Gasteiger partial charge is 0.255 e. The number of nitrogens with zero attached hydrogens (tertiary/aromatic N) is 3. The zero-order valence-corrected chi connectivity index (χ0v) is 17.6. The van der Waals surface area contributed by atoms with E-state index in [1.54, 1.807) is 12.3 Å². The van der Waals surface area contributed by atoms with E-state index in [9.17, 15) is 9.59 Å². The van der Waals surface area contributed by atoms with Crippen LogP contribution in [0.1, 0.15) is 63.2 Å². The number of aromatic nitrogens is 1. The van der Waals surface area contributed by atoms with Gasteiger partial charge in [0.25, 0.3) is 5.91 Å². The molecule has 0 spiro atoms. The highest BCUT2D eigenvalue weighted by Gasteiger charge is 2.21. The number of rotatable bonds is 10.